The quantitative estimate of drug-likeness (QED) is 0.819. The molecule has 0 fully saturated rings. The van der Waals surface area contributed by atoms with Crippen LogP contribution in [-0.2, 0) is 0 Å². The largest absolute Gasteiger partial charge is 0.387 e. The Bertz CT molecular complexity index is 488. The molecule has 0 saturated heterocycles. The van der Waals surface area contributed by atoms with Crippen LogP contribution in [-0.4, -0.2) is 35.2 Å². The summed E-state index contributed by atoms with van der Waals surface area (Å²) in [5.74, 6) is 0. The normalized spacial score (nSPS) is 16.0. The lowest BCUT2D eigenvalue weighted by molar-refractivity contribution is 0.122. The molecule has 0 spiro atoms. The van der Waals surface area contributed by atoms with Crippen molar-refractivity contribution in [2.75, 3.05) is 13.1 Å². The van der Waals surface area contributed by atoms with Gasteiger partial charge in [-0.05, 0) is 32.3 Å². The maximum absolute atomic E-state index is 12.2. The lowest BCUT2D eigenvalue weighted by Crippen LogP contribution is -2.45. The molecule has 0 aliphatic heterocycles. The fraction of sp³-hybridized carbons (Fsp3) is 0.471. The third kappa shape index (κ3) is 4.33. The maximum Gasteiger partial charge on any atom is 0.317 e. The Labute approximate surface area is 126 Å². The maximum atomic E-state index is 12.2. The van der Waals surface area contributed by atoms with Crippen LogP contribution in [0.2, 0.25) is 0 Å². The van der Waals surface area contributed by atoms with Crippen LogP contribution >= 0.6 is 0 Å². The third-order valence-corrected chi connectivity index (χ3v) is 3.86. The Balaban J connectivity index is 1.91. The highest BCUT2D eigenvalue weighted by molar-refractivity contribution is 5.74. The number of aliphatic hydroxyl groups is 1. The van der Waals surface area contributed by atoms with E-state index in [9.17, 15) is 9.90 Å². The molecule has 1 aromatic carbocycles. The molecule has 4 heteroatoms. The molecule has 4 nitrogen and oxygen atoms in total. The average molecular weight is 288 g/mol. The number of urea groups is 1. The van der Waals surface area contributed by atoms with E-state index in [4.69, 9.17) is 0 Å². The van der Waals surface area contributed by atoms with E-state index in [2.05, 4.69) is 17.5 Å². The van der Waals surface area contributed by atoms with Crippen LogP contribution in [0.15, 0.2) is 36.4 Å². The van der Waals surface area contributed by atoms with E-state index in [-0.39, 0.29) is 12.1 Å². The zero-order valence-electron chi connectivity index (χ0n) is 12.7. The van der Waals surface area contributed by atoms with Gasteiger partial charge < -0.3 is 15.3 Å². The molecular weight excluding hydrogens is 264 g/mol. The number of likely N-dealkylation sites (N-methyl/N-ethyl adjacent to an activating group) is 1. The van der Waals surface area contributed by atoms with Crippen LogP contribution < -0.4 is 5.32 Å². The van der Waals surface area contributed by atoms with Crippen molar-refractivity contribution in [2.45, 2.75) is 38.8 Å². The first-order chi connectivity index (χ1) is 10.1. The van der Waals surface area contributed by atoms with E-state index >= 15 is 0 Å². The first-order valence-electron chi connectivity index (χ1n) is 7.55. The molecule has 2 rings (SSSR count). The number of aryl methyl sites for hydroxylation is 1. The summed E-state index contributed by atoms with van der Waals surface area (Å²) in [5.41, 5.74) is 2.00. The minimum absolute atomic E-state index is 0.0997. The van der Waals surface area contributed by atoms with Crippen LogP contribution in [0.1, 0.15) is 37.0 Å². The lowest BCUT2D eigenvalue weighted by atomic mass is 10.1. The monoisotopic (exact) mass is 288 g/mol. The smallest absolute Gasteiger partial charge is 0.317 e. The van der Waals surface area contributed by atoms with Gasteiger partial charge in [0.1, 0.15) is 0 Å². The molecule has 0 radical (unpaired) electrons. The van der Waals surface area contributed by atoms with Crippen LogP contribution in [0.3, 0.4) is 0 Å². The van der Waals surface area contributed by atoms with E-state index < -0.39 is 6.10 Å². The van der Waals surface area contributed by atoms with Crippen LogP contribution in [0, 0.1) is 6.92 Å². The van der Waals surface area contributed by atoms with Gasteiger partial charge in [-0.25, -0.2) is 4.79 Å². The zero-order chi connectivity index (χ0) is 15.2. The molecule has 1 aliphatic carbocycles. The number of carbonyl (C=O) groups is 1. The van der Waals surface area contributed by atoms with Gasteiger partial charge in [0.2, 0.25) is 0 Å². The Morgan fingerprint density at radius 2 is 1.95 bits per heavy atom. The van der Waals surface area contributed by atoms with Gasteiger partial charge in [-0.1, -0.05) is 42.0 Å². The minimum Gasteiger partial charge on any atom is -0.387 e. The number of hydrogen-bond acceptors (Lipinski definition) is 2. The van der Waals surface area contributed by atoms with Crippen LogP contribution in [0.25, 0.3) is 0 Å². The van der Waals surface area contributed by atoms with Crippen molar-refractivity contribution >= 4 is 6.03 Å². The summed E-state index contributed by atoms with van der Waals surface area (Å²) in [5, 5.41) is 13.3. The Hall–Kier alpha value is -1.81. The van der Waals surface area contributed by atoms with Gasteiger partial charge in [0.05, 0.1) is 12.6 Å². The molecule has 1 unspecified atom stereocenters. The van der Waals surface area contributed by atoms with E-state index in [1.165, 1.54) is 0 Å². The topological polar surface area (TPSA) is 52.6 Å². The van der Waals surface area contributed by atoms with E-state index in [1.807, 2.05) is 38.1 Å². The van der Waals surface area contributed by atoms with Gasteiger partial charge in [0, 0.05) is 12.6 Å². The molecule has 0 heterocycles. The number of amides is 2. The lowest BCUT2D eigenvalue weighted by Gasteiger charge is -2.26. The van der Waals surface area contributed by atoms with Gasteiger partial charge in [-0.15, -0.1) is 0 Å². The molecule has 1 aromatic rings. The summed E-state index contributed by atoms with van der Waals surface area (Å²) < 4.78 is 0. The average Bonchev–Trinajstić information content (AvgIpc) is 2.98. The summed E-state index contributed by atoms with van der Waals surface area (Å²) in [7, 11) is 0. The Morgan fingerprint density at radius 1 is 1.33 bits per heavy atom. The number of benzene rings is 1. The SMILES string of the molecule is CCN(CC(O)c1ccc(C)cc1)C(=O)NC1CC=CC1. The predicted octanol–water partition coefficient (Wildman–Crippen LogP) is 2.78. The Morgan fingerprint density at radius 3 is 2.52 bits per heavy atom. The summed E-state index contributed by atoms with van der Waals surface area (Å²) >= 11 is 0. The highest BCUT2D eigenvalue weighted by Gasteiger charge is 2.20. The van der Waals surface area contributed by atoms with Crippen LogP contribution in [0.4, 0.5) is 4.79 Å². The second kappa shape index (κ2) is 7.27. The molecule has 1 aliphatic rings. The molecule has 114 valence electrons. The first-order valence-corrected chi connectivity index (χ1v) is 7.55. The number of aliphatic hydroxyl groups excluding tert-OH is 1. The summed E-state index contributed by atoms with van der Waals surface area (Å²) in [6.45, 7) is 4.83. The van der Waals surface area contributed by atoms with Gasteiger partial charge >= 0.3 is 6.03 Å². The highest BCUT2D eigenvalue weighted by Crippen LogP contribution is 2.16. The fourth-order valence-corrected chi connectivity index (χ4v) is 2.46. The van der Waals surface area contributed by atoms with E-state index in [1.54, 1.807) is 4.90 Å². The van der Waals surface area contributed by atoms with Crippen molar-refractivity contribution in [2.24, 2.45) is 0 Å². The van der Waals surface area contributed by atoms with Crippen molar-refractivity contribution in [1.29, 1.82) is 0 Å². The van der Waals surface area contributed by atoms with Crippen molar-refractivity contribution in [3.05, 3.63) is 47.5 Å². The van der Waals surface area contributed by atoms with Crippen molar-refractivity contribution in [3.8, 4) is 0 Å². The van der Waals surface area contributed by atoms with Crippen molar-refractivity contribution in [1.82, 2.24) is 10.2 Å². The van der Waals surface area contributed by atoms with Crippen molar-refractivity contribution in [3.63, 3.8) is 0 Å². The molecule has 21 heavy (non-hydrogen) atoms. The fourth-order valence-electron chi connectivity index (χ4n) is 2.46. The minimum atomic E-state index is -0.655. The molecule has 2 N–H and O–H groups in total. The Kier molecular flexibility index (Phi) is 5.39. The predicted molar refractivity (Wildman–Crippen MR) is 84.1 cm³/mol. The standard InChI is InChI=1S/C17H24N2O2/c1-3-19(17(21)18-15-6-4-5-7-15)12-16(20)14-10-8-13(2)9-11-14/h4-5,8-11,15-16,20H,3,6-7,12H2,1-2H3,(H,18,21). The molecule has 2 amide bonds. The van der Waals surface area contributed by atoms with Gasteiger partial charge in [-0.2, -0.15) is 0 Å². The third-order valence-electron chi connectivity index (χ3n) is 3.86. The number of hydrogen-bond donors (Lipinski definition) is 2. The second-order valence-corrected chi connectivity index (χ2v) is 5.55. The molecular formula is C17H24N2O2. The molecule has 0 bridgehead atoms. The zero-order valence-corrected chi connectivity index (χ0v) is 12.7. The summed E-state index contributed by atoms with van der Waals surface area (Å²) in [6, 6.07) is 7.86. The summed E-state index contributed by atoms with van der Waals surface area (Å²) in [6.07, 6.45) is 5.30. The van der Waals surface area contributed by atoms with Crippen LogP contribution in [0.5, 0.6) is 0 Å². The molecule has 0 saturated carbocycles. The number of rotatable bonds is 5. The highest BCUT2D eigenvalue weighted by atomic mass is 16.3. The first kappa shape index (κ1) is 15.6. The number of nitrogens with zero attached hydrogens (tertiary/aromatic N) is 1. The van der Waals surface area contributed by atoms with Gasteiger partial charge in [0.25, 0.3) is 0 Å². The van der Waals surface area contributed by atoms with Crippen molar-refractivity contribution < 1.29 is 9.90 Å². The van der Waals surface area contributed by atoms with E-state index in [0.717, 1.165) is 24.0 Å². The second-order valence-electron chi connectivity index (χ2n) is 5.55. The number of carbonyl (C=O) groups excluding carboxylic acids is 1. The van der Waals surface area contributed by atoms with E-state index in [0.29, 0.717) is 13.1 Å². The summed E-state index contributed by atoms with van der Waals surface area (Å²) in [4.78, 5) is 13.9. The number of nitrogens with one attached hydrogen (secondary N) is 1. The van der Waals surface area contributed by atoms with Gasteiger partial charge in [-0.3, -0.25) is 0 Å². The molecule has 0 aromatic heterocycles. The molecule has 1 atom stereocenters. The van der Waals surface area contributed by atoms with Gasteiger partial charge in [0.15, 0.2) is 0 Å².